The van der Waals surface area contributed by atoms with Crippen molar-refractivity contribution in [2.75, 3.05) is 44.8 Å². The largest absolute Gasteiger partial charge is 0.496 e. The monoisotopic (exact) mass is 573 g/mol. The highest BCUT2D eigenvalue weighted by Crippen LogP contribution is 2.37. The van der Waals surface area contributed by atoms with Gasteiger partial charge in [0.05, 0.1) is 26.2 Å². The molecule has 2 aromatic rings. The van der Waals surface area contributed by atoms with Crippen LogP contribution in [0.15, 0.2) is 42.5 Å². The number of halogens is 1. The van der Waals surface area contributed by atoms with E-state index in [1.54, 1.807) is 53.1 Å². The van der Waals surface area contributed by atoms with Crippen LogP contribution in [-0.2, 0) is 14.3 Å². The fraction of sp³-hybridized carbons (Fsp3) is 0.500. The molecule has 1 fully saturated rings. The molecule has 0 saturated carbocycles. The third-order valence-corrected chi connectivity index (χ3v) is 6.97. The van der Waals surface area contributed by atoms with Gasteiger partial charge in [0, 0.05) is 41.5 Å². The van der Waals surface area contributed by atoms with E-state index in [-0.39, 0.29) is 35.8 Å². The van der Waals surface area contributed by atoms with Gasteiger partial charge in [-0.1, -0.05) is 50.6 Å². The first kappa shape index (κ1) is 31.2. The number of anilines is 1. The Morgan fingerprint density at radius 2 is 1.80 bits per heavy atom. The van der Waals surface area contributed by atoms with Crippen molar-refractivity contribution in [2.45, 2.75) is 46.6 Å². The standard InChI is InChI=1S/C30H40ClN3O6/c1-6-40-28(37)20-13-15-33(16-14-20)29(38)32-18-26(35)34(19-30(2,3)4)24-12-11-21(31)17-23(24)27(36)22-9-7-8-10-25(22)39-5/h7-12,17,20,27,36H,6,13-16,18-19H2,1-5H3,(H,32,38). The van der Waals surface area contributed by atoms with Gasteiger partial charge in [-0.25, -0.2) is 4.79 Å². The molecule has 1 aliphatic rings. The number of ether oxygens (including phenoxy) is 2. The van der Waals surface area contributed by atoms with Gasteiger partial charge in [0.2, 0.25) is 5.91 Å². The SMILES string of the molecule is CCOC(=O)C1CCN(C(=O)NCC(=O)N(CC(C)(C)C)c2ccc(Cl)cc2C(O)c2ccccc2OC)CC1. The molecule has 40 heavy (non-hydrogen) atoms. The molecule has 1 heterocycles. The fourth-order valence-corrected chi connectivity index (χ4v) is 4.95. The van der Waals surface area contributed by atoms with Crippen LogP contribution in [0.2, 0.25) is 5.02 Å². The normalized spacial score (nSPS) is 14.8. The molecule has 2 N–H and O–H groups in total. The molecule has 0 bridgehead atoms. The van der Waals surface area contributed by atoms with Crippen molar-refractivity contribution in [3.05, 3.63) is 58.6 Å². The number of benzene rings is 2. The van der Waals surface area contributed by atoms with E-state index in [4.69, 9.17) is 21.1 Å². The number of nitrogens with zero attached hydrogens (tertiary/aromatic N) is 2. The number of esters is 1. The number of rotatable bonds is 9. The van der Waals surface area contributed by atoms with Gasteiger partial charge >= 0.3 is 12.0 Å². The van der Waals surface area contributed by atoms with Crippen LogP contribution in [0.4, 0.5) is 10.5 Å². The molecule has 0 aromatic heterocycles. The van der Waals surface area contributed by atoms with Crippen LogP contribution in [0.3, 0.4) is 0 Å². The summed E-state index contributed by atoms with van der Waals surface area (Å²) in [5, 5.41) is 14.6. The maximum Gasteiger partial charge on any atom is 0.317 e. The summed E-state index contributed by atoms with van der Waals surface area (Å²) >= 11 is 6.34. The molecule has 2 aromatic carbocycles. The molecule has 1 aliphatic heterocycles. The summed E-state index contributed by atoms with van der Waals surface area (Å²) in [4.78, 5) is 41.7. The van der Waals surface area contributed by atoms with Crippen molar-refractivity contribution in [3.63, 3.8) is 0 Å². The first-order chi connectivity index (χ1) is 18.9. The second-order valence-corrected chi connectivity index (χ2v) is 11.5. The molecule has 0 aliphatic carbocycles. The number of methoxy groups -OCH3 is 1. The second kappa shape index (κ2) is 13.9. The van der Waals surface area contributed by atoms with Gasteiger partial charge < -0.3 is 29.7 Å². The summed E-state index contributed by atoms with van der Waals surface area (Å²) in [5.74, 6) is -0.273. The van der Waals surface area contributed by atoms with Crippen LogP contribution >= 0.6 is 11.6 Å². The quantitative estimate of drug-likeness (QED) is 0.417. The summed E-state index contributed by atoms with van der Waals surface area (Å²) in [6.07, 6.45) is -0.0770. The molecular weight excluding hydrogens is 534 g/mol. The fourth-order valence-electron chi connectivity index (χ4n) is 4.77. The molecule has 0 radical (unpaired) electrons. The first-order valence-electron chi connectivity index (χ1n) is 13.5. The molecule has 1 unspecified atom stereocenters. The number of aliphatic hydroxyl groups excluding tert-OH is 1. The minimum atomic E-state index is -1.12. The Hall–Kier alpha value is -3.30. The van der Waals surface area contributed by atoms with Gasteiger partial charge in [-0.15, -0.1) is 0 Å². The van der Waals surface area contributed by atoms with Gasteiger partial charge in [0.1, 0.15) is 11.9 Å². The van der Waals surface area contributed by atoms with Crippen LogP contribution in [0.25, 0.3) is 0 Å². The summed E-state index contributed by atoms with van der Waals surface area (Å²) < 4.78 is 10.5. The lowest BCUT2D eigenvalue weighted by atomic mass is 9.93. The van der Waals surface area contributed by atoms with Gasteiger partial charge in [-0.05, 0) is 49.4 Å². The third-order valence-electron chi connectivity index (χ3n) is 6.73. The molecular formula is C30H40ClN3O6. The van der Waals surface area contributed by atoms with E-state index in [2.05, 4.69) is 5.32 Å². The predicted molar refractivity (Wildman–Crippen MR) is 155 cm³/mol. The zero-order chi connectivity index (χ0) is 29.4. The van der Waals surface area contributed by atoms with Crippen LogP contribution < -0.4 is 15.0 Å². The van der Waals surface area contributed by atoms with E-state index in [0.717, 1.165) is 0 Å². The topological polar surface area (TPSA) is 108 Å². The smallest absolute Gasteiger partial charge is 0.317 e. The number of nitrogens with one attached hydrogen (secondary N) is 1. The zero-order valence-electron chi connectivity index (χ0n) is 23.9. The lowest BCUT2D eigenvalue weighted by molar-refractivity contribution is -0.149. The summed E-state index contributed by atoms with van der Waals surface area (Å²) in [7, 11) is 1.53. The van der Waals surface area contributed by atoms with E-state index >= 15 is 0 Å². The van der Waals surface area contributed by atoms with Gasteiger partial charge in [0.25, 0.3) is 0 Å². The zero-order valence-corrected chi connectivity index (χ0v) is 24.7. The maximum atomic E-state index is 13.6. The molecule has 3 amide bonds. The van der Waals surface area contributed by atoms with E-state index in [9.17, 15) is 19.5 Å². The number of amides is 3. The average molecular weight is 574 g/mol. The number of carbonyl (C=O) groups is 3. The number of aliphatic hydroxyl groups is 1. The lowest BCUT2D eigenvalue weighted by Gasteiger charge is -2.34. The number of likely N-dealkylation sites (tertiary alicyclic amines) is 1. The predicted octanol–water partition coefficient (Wildman–Crippen LogP) is 4.79. The summed E-state index contributed by atoms with van der Waals surface area (Å²) in [5.41, 5.74) is 1.19. The van der Waals surface area contributed by atoms with Crippen LogP contribution in [0.5, 0.6) is 5.75 Å². The lowest BCUT2D eigenvalue weighted by Crippen LogP contribution is -2.49. The molecule has 0 spiro atoms. The number of para-hydroxylation sites is 1. The Labute approximate surface area is 241 Å². The number of piperidine rings is 1. The molecule has 3 rings (SSSR count). The Balaban J connectivity index is 1.80. The van der Waals surface area contributed by atoms with Crippen molar-refractivity contribution in [2.24, 2.45) is 11.3 Å². The van der Waals surface area contributed by atoms with Gasteiger partial charge in [-0.3, -0.25) is 9.59 Å². The van der Waals surface area contributed by atoms with Crippen LogP contribution in [-0.4, -0.2) is 67.8 Å². The minimum Gasteiger partial charge on any atom is -0.496 e. The molecule has 1 saturated heterocycles. The highest BCUT2D eigenvalue weighted by molar-refractivity contribution is 6.30. The Kier molecular flexibility index (Phi) is 10.8. The van der Waals surface area contributed by atoms with E-state index in [0.29, 0.717) is 66.7 Å². The number of hydrogen-bond donors (Lipinski definition) is 2. The van der Waals surface area contributed by atoms with Crippen LogP contribution in [0, 0.1) is 11.3 Å². The highest BCUT2D eigenvalue weighted by atomic mass is 35.5. The van der Waals surface area contributed by atoms with Crippen molar-refractivity contribution >= 4 is 35.2 Å². The van der Waals surface area contributed by atoms with Crippen molar-refractivity contribution in [1.82, 2.24) is 10.2 Å². The highest BCUT2D eigenvalue weighted by Gasteiger charge is 2.30. The summed E-state index contributed by atoms with van der Waals surface area (Å²) in [6.45, 7) is 9.02. The van der Waals surface area contributed by atoms with Crippen molar-refractivity contribution in [1.29, 1.82) is 0 Å². The maximum absolute atomic E-state index is 13.6. The molecule has 1 atom stereocenters. The third kappa shape index (κ3) is 8.11. The molecule has 218 valence electrons. The molecule has 10 heteroatoms. The Morgan fingerprint density at radius 3 is 2.42 bits per heavy atom. The van der Waals surface area contributed by atoms with Gasteiger partial charge in [-0.2, -0.15) is 0 Å². The Morgan fingerprint density at radius 1 is 1.12 bits per heavy atom. The number of hydrogen-bond acceptors (Lipinski definition) is 6. The number of urea groups is 1. The Bertz CT molecular complexity index is 1190. The minimum absolute atomic E-state index is 0.217. The van der Waals surface area contributed by atoms with Gasteiger partial charge in [0.15, 0.2) is 0 Å². The summed E-state index contributed by atoms with van der Waals surface area (Å²) in [6, 6.07) is 11.8. The van der Waals surface area contributed by atoms with E-state index in [1.165, 1.54) is 7.11 Å². The van der Waals surface area contributed by atoms with E-state index in [1.807, 2.05) is 26.8 Å². The first-order valence-corrected chi connectivity index (χ1v) is 13.9. The second-order valence-electron chi connectivity index (χ2n) is 11.1. The van der Waals surface area contributed by atoms with E-state index < -0.39 is 6.10 Å². The van der Waals surface area contributed by atoms with Crippen LogP contribution in [0.1, 0.15) is 57.8 Å². The number of carbonyl (C=O) groups excluding carboxylic acids is 3. The van der Waals surface area contributed by atoms with Crippen molar-refractivity contribution in [3.8, 4) is 5.75 Å². The average Bonchev–Trinajstić information content (AvgIpc) is 2.93. The molecule has 9 nitrogen and oxygen atoms in total. The van der Waals surface area contributed by atoms with Crippen molar-refractivity contribution < 1.29 is 29.0 Å².